The van der Waals surface area contributed by atoms with Crippen molar-refractivity contribution in [3.8, 4) is 5.75 Å². The Labute approximate surface area is 115 Å². The average Bonchev–Trinajstić information content (AvgIpc) is 2.44. The molecule has 1 heterocycles. The van der Waals surface area contributed by atoms with Crippen LogP contribution < -0.4 is 10.1 Å². The molecule has 102 valence electrons. The highest BCUT2D eigenvalue weighted by atomic mass is 16.5. The molecule has 2 rings (SSSR count). The predicted molar refractivity (Wildman–Crippen MR) is 80.9 cm³/mol. The fourth-order valence-electron chi connectivity index (χ4n) is 1.95. The summed E-state index contributed by atoms with van der Waals surface area (Å²) < 4.78 is 5.39. The van der Waals surface area contributed by atoms with E-state index < -0.39 is 0 Å². The van der Waals surface area contributed by atoms with Crippen LogP contribution in [0.25, 0.3) is 10.8 Å². The Morgan fingerprint density at radius 2 is 2.00 bits per heavy atom. The van der Waals surface area contributed by atoms with Gasteiger partial charge in [0.05, 0.1) is 7.11 Å². The Hall–Kier alpha value is -1.77. The number of anilines is 1. The number of ether oxygens (including phenoxy) is 1. The third-order valence-corrected chi connectivity index (χ3v) is 3.68. The number of nitrogens with zero attached hydrogens (tertiary/aromatic N) is 1. The van der Waals surface area contributed by atoms with Gasteiger partial charge in [0.1, 0.15) is 11.6 Å². The molecule has 0 radical (unpaired) electrons. The first kappa shape index (κ1) is 13.7. The maximum Gasteiger partial charge on any atom is 0.133 e. The van der Waals surface area contributed by atoms with E-state index in [1.54, 1.807) is 7.11 Å². The van der Waals surface area contributed by atoms with Crippen LogP contribution in [0.5, 0.6) is 5.75 Å². The van der Waals surface area contributed by atoms with Crippen molar-refractivity contribution >= 4 is 16.6 Å². The van der Waals surface area contributed by atoms with E-state index in [0.717, 1.165) is 35.3 Å². The van der Waals surface area contributed by atoms with E-state index in [1.165, 1.54) is 0 Å². The number of pyridine rings is 1. The highest BCUT2D eigenvalue weighted by Gasteiger charge is 2.15. The van der Waals surface area contributed by atoms with Gasteiger partial charge in [-0.25, -0.2) is 4.98 Å². The number of fused-ring (bicyclic) bond motifs is 1. The zero-order chi connectivity index (χ0) is 13.9. The number of methoxy groups -OCH3 is 1. The lowest BCUT2D eigenvalue weighted by Gasteiger charge is -2.23. The van der Waals surface area contributed by atoms with Gasteiger partial charge < -0.3 is 10.1 Å². The van der Waals surface area contributed by atoms with E-state index in [1.807, 2.05) is 24.4 Å². The molecular formula is C16H22N2O. The largest absolute Gasteiger partial charge is 0.496 e. The summed E-state index contributed by atoms with van der Waals surface area (Å²) in [5, 5.41) is 5.66. The number of hydrogen-bond donors (Lipinski definition) is 1. The highest BCUT2D eigenvalue weighted by molar-refractivity contribution is 5.95. The average molecular weight is 258 g/mol. The standard InChI is InChI=1S/C16H22N2O/c1-5-16(2,3)11-18-15-13-7-6-8-14(19-4)12(13)9-10-17-15/h6-10H,5,11H2,1-4H3,(H,17,18). The minimum absolute atomic E-state index is 0.267. The molecule has 0 saturated carbocycles. The minimum atomic E-state index is 0.267. The molecule has 0 amide bonds. The second kappa shape index (κ2) is 5.47. The lowest BCUT2D eigenvalue weighted by atomic mass is 9.90. The second-order valence-electron chi connectivity index (χ2n) is 5.59. The first-order valence-electron chi connectivity index (χ1n) is 6.73. The van der Waals surface area contributed by atoms with Crippen LogP contribution in [0.3, 0.4) is 0 Å². The van der Waals surface area contributed by atoms with Gasteiger partial charge in [-0.1, -0.05) is 32.9 Å². The molecule has 0 unspecified atom stereocenters. The summed E-state index contributed by atoms with van der Waals surface area (Å²) in [6, 6.07) is 8.04. The van der Waals surface area contributed by atoms with Crippen molar-refractivity contribution in [1.29, 1.82) is 0 Å². The quantitative estimate of drug-likeness (QED) is 0.877. The summed E-state index contributed by atoms with van der Waals surface area (Å²) in [6.45, 7) is 7.63. The zero-order valence-electron chi connectivity index (χ0n) is 12.2. The van der Waals surface area contributed by atoms with E-state index in [-0.39, 0.29) is 5.41 Å². The van der Waals surface area contributed by atoms with E-state index in [9.17, 15) is 0 Å². The number of nitrogens with one attached hydrogen (secondary N) is 1. The van der Waals surface area contributed by atoms with Gasteiger partial charge in [-0.2, -0.15) is 0 Å². The van der Waals surface area contributed by atoms with Crippen molar-refractivity contribution in [1.82, 2.24) is 4.98 Å². The van der Waals surface area contributed by atoms with Crippen molar-refractivity contribution < 1.29 is 4.74 Å². The Balaban J connectivity index is 2.34. The van der Waals surface area contributed by atoms with E-state index in [4.69, 9.17) is 4.74 Å². The van der Waals surface area contributed by atoms with Crippen molar-refractivity contribution in [2.45, 2.75) is 27.2 Å². The number of benzene rings is 1. The zero-order valence-corrected chi connectivity index (χ0v) is 12.2. The van der Waals surface area contributed by atoms with Crippen molar-refractivity contribution in [3.05, 3.63) is 30.5 Å². The minimum Gasteiger partial charge on any atom is -0.496 e. The first-order chi connectivity index (χ1) is 9.07. The van der Waals surface area contributed by atoms with E-state index >= 15 is 0 Å². The molecule has 0 spiro atoms. The monoisotopic (exact) mass is 258 g/mol. The topological polar surface area (TPSA) is 34.2 Å². The summed E-state index contributed by atoms with van der Waals surface area (Å²) in [4.78, 5) is 4.45. The third kappa shape index (κ3) is 2.98. The molecule has 0 aliphatic rings. The van der Waals surface area contributed by atoms with Crippen LogP contribution in [0.15, 0.2) is 30.5 Å². The van der Waals surface area contributed by atoms with Crippen LogP contribution >= 0.6 is 0 Å². The molecule has 1 aromatic carbocycles. The summed E-state index contributed by atoms with van der Waals surface area (Å²) in [5.41, 5.74) is 0.267. The summed E-state index contributed by atoms with van der Waals surface area (Å²) in [6.07, 6.45) is 2.96. The van der Waals surface area contributed by atoms with Gasteiger partial charge in [0.25, 0.3) is 0 Å². The lowest BCUT2D eigenvalue weighted by Crippen LogP contribution is -2.22. The summed E-state index contributed by atoms with van der Waals surface area (Å²) in [7, 11) is 1.70. The number of hydrogen-bond acceptors (Lipinski definition) is 3. The molecule has 1 N–H and O–H groups in total. The van der Waals surface area contributed by atoms with Crippen molar-refractivity contribution in [3.63, 3.8) is 0 Å². The van der Waals surface area contributed by atoms with E-state index in [0.29, 0.717) is 0 Å². The Kier molecular flexibility index (Phi) is 3.93. The maximum atomic E-state index is 5.39. The van der Waals surface area contributed by atoms with Gasteiger partial charge >= 0.3 is 0 Å². The van der Waals surface area contributed by atoms with Gasteiger partial charge in [0.2, 0.25) is 0 Å². The third-order valence-electron chi connectivity index (χ3n) is 3.68. The van der Waals surface area contributed by atoms with Crippen LogP contribution in [0.2, 0.25) is 0 Å². The molecule has 0 aliphatic carbocycles. The smallest absolute Gasteiger partial charge is 0.133 e. The second-order valence-corrected chi connectivity index (χ2v) is 5.59. The van der Waals surface area contributed by atoms with Gasteiger partial charge in [-0.3, -0.25) is 0 Å². The van der Waals surface area contributed by atoms with E-state index in [2.05, 4.69) is 37.1 Å². The van der Waals surface area contributed by atoms with Crippen LogP contribution in [0.1, 0.15) is 27.2 Å². The molecule has 0 fully saturated rings. The Bertz CT molecular complexity index is 564. The van der Waals surface area contributed by atoms with Crippen LogP contribution in [-0.4, -0.2) is 18.6 Å². The first-order valence-corrected chi connectivity index (χ1v) is 6.73. The van der Waals surface area contributed by atoms with Crippen LogP contribution in [0, 0.1) is 5.41 Å². The van der Waals surface area contributed by atoms with Crippen molar-refractivity contribution in [2.24, 2.45) is 5.41 Å². The highest BCUT2D eigenvalue weighted by Crippen LogP contribution is 2.30. The molecule has 0 saturated heterocycles. The molecule has 1 aromatic heterocycles. The van der Waals surface area contributed by atoms with Gasteiger partial charge in [0.15, 0.2) is 0 Å². The maximum absolute atomic E-state index is 5.39. The number of rotatable bonds is 5. The predicted octanol–water partition coefficient (Wildman–Crippen LogP) is 4.09. The lowest BCUT2D eigenvalue weighted by molar-refractivity contribution is 0.376. The molecule has 19 heavy (non-hydrogen) atoms. The fraction of sp³-hybridized carbons (Fsp3) is 0.438. The molecule has 0 atom stereocenters. The Morgan fingerprint density at radius 3 is 2.68 bits per heavy atom. The molecular weight excluding hydrogens is 236 g/mol. The molecule has 0 bridgehead atoms. The van der Waals surface area contributed by atoms with Gasteiger partial charge in [-0.05, 0) is 24.0 Å². The van der Waals surface area contributed by atoms with Crippen LogP contribution in [-0.2, 0) is 0 Å². The molecule has 0 aliphatic heterocycles. The Morgan fingerprint density at radius 1 is 1.21 bits per heavy atom. The summed E-state index contributed by atoms with van der Waals surface area (Å²) in [5.74, 6) is 1.82. The SMILES string of the molecule is CCC(C)(C)CNc1nccc2c(OC)cccc12. The fourth-order valence-corrected chi connectivity index (χ4v) is 1.95. The van der Waals surface area contributed by atoms with Gasteiger partial charge in [0, 0.05) is 23.5 Å². The molecule has 2 aromatic rings. The number of aromatic nitrogens is 1. The molecule has 3 heteroatoms. The van der Waals surface area contributed by atoms with Crippen molar-refractivity contribution in [2.75, 3.05) is 19.0 Å². The normalized spacial score (nSPS) is 11.6. The summed E-state index contributed by atoms with van der Waals surface area (Å²) >= 11 is 0. The van der Waals surface area contributed by atoms with Crippen LogP contribution in [0.4, 0.5) is 5.82 Å². The van der Waals surface area contributed by atoms with Gasteiger partial charge in [-0.15, -0.1) is 0 Å². The molecule has 3 nitrogen and oxygen atoms in total.